The first-order chi connectivity index (χ1) is 10.0. The minimum Gasteiger partial charge on any atom is -0.508 e. The van der Waals surface area contributed by atoms with Crippen molar-refractivity contribution in [2.75, 3.05) is 0 Å². The van der Waals surface area contributed by atoms with E-state index >= 15 is 0 Å². The van der Waals surface area contributed by atoms with Gasteiger partial charge in [0.1, 0.15) is 5.75 Å². The zero-order valence-electron chi connectivity index (χ0n) is 15.0. The van der Waals surface area contributed by atoms with Crippen LogP contribution in [0.3, 0.4) is 0 Å². The van der Waals surface area contributed by atoms with Gasteiger partial charge < -0.3 is 5.11 Å². The molecule has 2 rings (SSSR count). The van der Waals surface area contributed by atoms with Crippen molar-refractivity contribution in [2.45, 2.75) is 53.8 Å². The molecule has 1 N–H and O–H groups in total. The third-order valence-electron chi connectivity index (χ3n) is 2.79. The van der Waals surface area contributed by atoms with Crippen molar-refractivity contribution >= 4 is 17.1 Å². The molecule has 0 saturated heterocycles. The number of allylic oxidation sites excluding steroid dienone is 4. The molecule has 1 nitrogen and oxygen atoms in total. The number of benzene rings is 1. The van der Waals surface area contributed by atoms with Gasteiger partial charge in [-0.1, -0.05) is 37.8 Å². The molecular weight excluding hydrogens is 320 g/mol. The van der Waals surface area contributed by atoms with Crippen LogP contribution in [0.25, 0.3) is 0 Å². The van der Waals surface area contributed by atoms with Crippen molar-refractivity contribution in [3.63, 3.8) is 0 Å². The summed E-state index contributed by atoms with van der Waals surface area (Å²) in [7, 11) is -1.26. The molecule has 119 valence electrons. The van der Waals surface area contributed by atoms with Crippen LogP contribution < -0.4 is 5.19 Å². The first-order valence-electron chi connectivity index (χ1n) is 7.59. The molecule has 0 fully saturated rings. The normalized spacial score (nSPS) is 12.7. The van der Waals surface area contributed by atoms with E-state index in [0.717, 1.165) is 12.0 Å². The molecule has 0 saturated carbocycles. The SMILES string of the molecule is CC1=[C-]CC=C1.C[C](C)=[Ti+].Cc1cc(O)cc([Si](C)(C)C)c1. The van der Waals surface area contributed by atoms with Gasteiger partial charge in [0.25, 0.3) is 0 Å². The van der Waals surface area contributed by atoms with Gasteiger partial charge in [0.2, 0.25) is 0 Å². The van der Waals surface area contributed by atoms with E-state index in [-0.39, 0.29) is 0 Å². The van der Waals surface area contributed by atoms with Crippen LogP contribution >= 0.6 is 0 Å². The summed E-state index contributed by atoms with van der Waals surface area (Å²) < 4.78 is 1.42. The van der Waals surface area contributed by atoms with E-state index in [1.165, 1.54) is 14.6 Å². The molecule has 0 amide bonds. The monoisotopic (exact) mass is 349 g/mol. The summed E-state index contributed by atoms with van der Waals surface area (Å²) >= 11 is 2.08. The molecule has 0 aromatic heterocycles. The third kappa shape index (κ3) is 10.9. The molecule has 3 heteroatoms. The van der Waals surface area contributed by atoms with Crippen LogP contribution in [0.4, 0.5) is 0 Å². The number of aromatic hydroxyl groups is 1. The second-order valence-electron chi connectivity index (χ2n) is 6.77. The Morgan fingerprint density at radius 2 is 1.68 bits per heavy atom. The Balaban J connectivity index is 0.000000366. The average Bonchev–Trinajstić information content (AvgIpc) is 2.78. The maximum Gasteiger partial charge on any atom is 0.115 e. The Bertz CT molecular complexity index is 524. The van der Waals surface area contributed by atoms with Crippen molar-refractivity contribution in [3.8, 4) is 5.75 Å². The van der Waals surface area contributed by atoms with Crippen LogP contribution in [0.2, 0.25) is 19.6 Å². The summed E-state index contributed by atoms with van der Waals surface area (Å²) in [6.45, 7) is 15.1. The summed E-state index contributed by atoms with van der Waals surface area (Å²) in [6.07, 6.45) is 8.33. The van der Waals surface area contributed by atoms with Gasteiger partial charge in [-0.2, -0.15) is 6.08 Å². The molecule has 0 spiro atoms. The summed E-state index contributed by atoms with van der Waals surface area (Å²) in [5.74, 6) is 0.396. The number of hydrogen-bond acceptors (Lipinski definition) is 1. The summed E-state index contributed by atoms with van der Waals surface area (Å²) in [5, 5.41) is 10.7. The smallest absolute Gasteiger partial charge is 0.115 e. The summed E-state index contributed by atoms with van der Waals surface area (Å²) in [6, 6.07) is 5.86. The molecule has 0 bridgehead atoms. The molecule has 1 aromatic rings. The van der Waals surface area contributed by atoms with E-state index in [4.69, 9.17) is 0 Å². The van der Waals surface area contributed by atoms with E-state index in [0.29, 0.717) is 5.75 Å². The van der Waals surface area contributed by atoms with Crippen molar-refractivity contribution in [3.05, 3.63) is 47.6 Å². The molecule has 0 unspecified atom stereocenters. The summed E-state index contributed by atoms with van der Waals surface area (Å²) in [5.41, 5.74) is 2.42. The minimum absolute atomic E-state index is 0.396. The van der Waals surface area contributed by atoms with Gasteiger partial charge in [-0.3, -0.25) is 6.08 Å². The first-order valence-corrected chi connectivity index (χ1v) is 11.9. The molecule has 1 aromatic carbocycles. The van der Waals surface area contributed by atoms with E-state index in [2.05, 4.69) is 84.7 Å². The van der Waals surface area contributed by atoms with E-state index in [1.807, 2.05) is 13.0 Å². The second kappa shape index (κ2) is 10.1. The molecular formula is C19H29OSiTi. The number of hydrogen-bond donors (Lipinski definition) is 1. The fourth-order valence-corrected chi connectivity index (χ4v) is 2.95. The molecule has 0 heterocycles. The van der Waals surface area contributed by atoms with Crippen LogP contribution in [0.5, 0.6) is 5.75 Å². The molecule has 0 atom stereocenters. The van der Waals surface area contributed by atoms with Crippen molar-refractivity contribution in [2.24, 2.45) is 0 Å². The number of phenols is 1. The topological polar surface area (TPSA) is 20.2 Å². The minimum atomic E-state index is -1.26. The van der Waals surface area contributed by atoms with Crippen LogP contribution in [0, 0.1) is 13.0 Å². The largest absolute Gasteiger partial charge is 0.508 e. The fraction of sp³-hybridized carbons (Fsp3) is 0.421. The molecule has 0 radical (unpaired) electrons. The summed E-state index contributed by atoms with van der Waals surface area (Å²) in [4.78, 5) is 0. The zero-order valence-corrected chi connectivity index (χ0v) is 17.6. The average molecular weight is 349 g/mol. The fourth-order valence-electron chi connectivity index (χ4n) is 1.71. The van der Waals surface area contributed by atoms with E-state index in [9.17, 15) is 5.11 Å². The van der Waals surface area contributed by atoms with Gasteiger partial charge in [0, 0.05) is 0 Å². The van der Waals surface area contributed by atoms with Gasteiger partial charge in [-0.05, 0) is 24.6 Å². The Morgan fingerprint density at radius 3 is 1.95 bits per heavy atom. The van der Waals surface area contributed by atoms with Gasteiger partial charge in [-0.15, -0.1) is 6.42 Å². The maximum absolute atomic E-state index is 9.38. The van der Waals surface area contributed by atoms with E-state index < -0.39 is 8.07 Å². The Kier molecular flexibility index (Phi) is 9.82. The second-order valence-corrected chi connectivity index (χ2v) is 13.4. The molecule has 1 aliphatic carbocycles. The Morgan fingerprint density at radius 1 is 1.14 bits per heavy atom. The van der Waals surface area contributed by atoms with Gasteiger partial charge in [0.05, 0.1) is 8.07 Å². The predicted octanol–water partition coefficient (Wildman–Crippen LogP) is 4.69. The Hall–Kier alpha value is -0.699. The van der Waals surface area contributed by atoms with E-state index in [1.54, 1.807) is 6.07 Å². The number of rotatable bonds is 1. The molecule has 0 aliphatic heterocycles. The van der Waals surface area contributed by atoms with Crippen molar-refractivity contribution in [1.82, 2.24) is 0 Å². The van der Waals surface area contributed by atoms with Gasteiger partial charge >= 0.3 is 37.6 Å². The molecule has 1 aliphatic rings. The van der Waals surface area contributed by atoms with Crippen molar-refractivity contribution in [1.29, 1.82) is 0 Å². The first kappa shape index (κ1) is 21.3. The van der Waals surface area contributed by atoms with Gasteiger partial charge in [0.15, 0.2) is 0 Å². The standard InChI is InChI=1S/C10H16OSi.C6H7.C3H6.Ti/c1-8-5-9(11)7-10(6-8)12(2,3)4;1-6-4-2-3-5-6;1-3-2;/h5-7,11H,1-4H3;2,4H,3H2,1H3;1-2H3;/q;-1;;+1. The molecule has 22 heavy (non-hydrogen) atoms. The van der Waals surface area contributed by atoms with Crippen LogP contribution in [0.15, 0.2) is 35.9 Å². The zero-order chi connectivity index (χ0) is 17.3. The van der Waals surface area contributed by atoms with Crippen LogP contribution in [-0.4, -0.2) is 17.0 Å². The third-order valence-corrected chi connectivity index (χ3v) is 4.82. The van der Waals surface area contributed by atoms with Crippen LogP contribution in [0.1, 0.15) is 32.8 Å². The number of phenolic OH excluding ortho intramolecular Hbond substituents is 1. The van der Waals surface area contributed by atoms with Gasteiger partial charge in [-0.25, -0.2) is 11.6 Å². The quantitative estimate of drug-likeness (QED) is 0.576. The predicted molar refractivity (Wildman–Crippen MR) is 98.4 cm³/mol. The van der Waals surface area contributed by atoms with Crippen LogP contribution in [-0.2, 0) is 20.0 Å². The Labute approximate surface area is 149 Å². The number of aryl methyl sites for hydroxylation is 1. The maximum atomic E-state index is 9.38. The van der Waals surface area contributed by atoms with Crippen molar-refractivity contribution < 1.29 is 25.1 Å².